The number of rotatable bonds is 8. The van der Waals surface area contributed by atoms with Crippen LogP contribution in [0.1, 0.15) is 34.5 Å². The number of anilines is 2. The fourth-order valence-electron chi connectivity index (χ4n) is 3.96. The van der Waals surface area contributed by atoms with Crippen molar-refractivity contribution >= 4 is 57.8 Å². The molecule has 4 rings (SSSR count). The Morgan fingerprint density at radius 1 is 0.543 bits per heavy atom. The average Bonchev–Trinajstić information content (AvgIpc) is 2.85. The van der Waals surface area contributed by atoms with E-state index in [0.717, 1.165) is 22.3 Å². The summed E-state index contributed by atoms with van der Waals surface area (Å²) in [6.07, 6.45) is 0.375. The summed E-state index contributed by atoms with van der Waals surface area (Å²) in [6.45, 7) is 0. The zero-order valence-corrected chi connectivity index (χ0v) is 21.8. The van der Waals surface area contributed by atoms with E-state index in [4.69, 9.17) is 62.6 Å². The Morgan fingerprint density at radius 3 is 1.29 bits per heavy atom. The molecule has 4 aromatic carbocycles. The van der Waals surface area contributed by atoms with Crippen LogP contribution in [0.15, 0.2) is 84.9 Å². The Bertz CT molecular complexity index is 1200. The van der Waals surface area contributed by atoms with Crippen LogP contribution in [0.4, 0.5) is 11.4 Å². The molecule has 0 fully saturated rings. The lowest BCUT2D eigenvalue weighted by atomic mass is 9.97. The standard InChI is InChI=1S/C28H24Cl4N2O/c29-21-15-23(31)25(33)11-19(21)13-27(17-7-3-1-4-8-17)35-28(18-9-5-2-6-10-18)14-20-12-26(34)24(32)16-22(20)30/h1-12,15-16,27-28H,13-14,33-34H2. The molecule has 0 bridgehead atoms. The van der Waals surface area contributed by atoms with Crippen LogP contribution in [-0.2, 0) is 17.6 Å². The minimum Gasteiger partial charge on any atom is -0.398 e. The molecule has 0 radical (unpaired) electrons. The molecule has 4 N–H and O–H groups in total. The van der Waals surface area contributed by atoms with Gasteiger partial charge in [0.1, 0.15) is 0 Å². The second kappa shape index (κ2) is 11.6. The van der Waals surface area contributed by atoms with Crippen molar-refractivity contribution < 1.29 is 4.74 Å². The largest absolute Gasteiger partial charge is 0.398 e. The molecule has 180 valence electrons. The van der Waals surface area contributed by atoms with Gasteiger partial charge < -0.3 is 16.2 Å². The number of hydrogen-bond acceptors (Lipinski definition) is 3. The third-order valence-corrected chi connectivity index (χ3v) is 7.17. The number of hydrogen-bond donors (Lipinski definition) is 2. The topological polar surface area (TPSA) is 61.3 Å². The van der Waals surface area contributed by atoms with Crippen molar-refractivity contribution in [3.05, 3.63) is 127 Å². The highest BCUT2D eigenvalue weighted by atomic mass is 35.5. The maximum Gasteiger partial charge on any atom is 0.0874 e. The van der Waals surface area contributed by atoms with Crippen LogP contribution in [0, 0.1) is 0 Å². The van der Waals surface area contributed by atoms with Gasteiger partial charge in [-0.15, -0.1) is 0 Å². The van der Waals surface area contributed by atoms with E-state index in [9.17, 15) is 0 Å². The third-order valence-electron chi connectivity index (χ3n) is 5.81. The highest BCUT2D eigenvalue weighted by Gasteiger charge is 2.23. The van der Waals surface area contributed by atoms with E-state index < -0.39 is 0 Å². The summed E-state index contributed by atoms with van der Waals surface area (Å²) in [5, 5.41) is 1.93. The SMILES string of the molecule is Nc1cc(CC(OC(Cc2cc(N)c(Cl)cc2Cl)c2ccccc2)c2ccccc2)c(Cl)cc1Cl. The summed E-state index contributed by atoms with van der Waals surface area (Å²) >= 11 is 25.4. The van der Waals surface area contributed by atoms with E-state index in [1.165, 1.54) is 0 Å². The first-order valence-corrected chi connectivity index (χ1v) is 12.5. The van der Waals surface area contributed by atoms with Gasteiger partial charge in [-0.3, -0.25) is 0 Å². The molecule has 35 heavy (non-hydrogen) atoms. The van der Waals surface area contributed by atoms with Gasteiger partial charge >= 0.3 is 0 Å². The van der Waals surface area contributed by atoms with E-state index >= 15 is 0 Å². The maximum atomic E-state index is 6.82. The van der Waals surface area contributed by atoms with Crippen LogP contribution in [0.25, 0.3) is 0 Å². The molecule has 0 saturated carbocycles. The van der Waals surface area contributed by atoms with Gasteiger partial charge in [-0.1, -0.05) is 107 Å². The van der Waals surface area contributed by atoms with Crippen molar-refractivity contribution in [2.24, 2.45) is 0 Å². The lowest BCUT2D eigenvalue weighted by Crippen LogP contribution is -2.16. The summed E-state index contributed by atoms with van der Waals surface area (Å²) in [5.41, 5.74) is 16.8. The van der Waals surface area contributed by atoms with E-state index in [1.54, 1.807) is 24.3 Å². The van der Waals surface area contributed by atoms with Gasteiger partial charge in [-0.05, 0) is 46.5 Å². The third kappa shape index (κ3) is 6.43. The first-order chi connectivity index (χ1) is 16.8. The maximum absolute atomic E-state index is 6.82. The zero-order valence-electron chi connectivity index (χ0n) is 18.7. The van der Waals surface area contributed by atoms with E-state index in [2.05, 4.69) is 0 Å². The van der Waals surface area contributed by atoms with Crippen molar-refractivity contribution in [3.8, 4) is 0 Å². The Hall–Kier alpha value is -2.40. The number of ether oxygens (including phenoxy) is 1. The molecule has 0 heterocycles. The zero-order chi connectivity index (χ0) is 24.9. The molecule has 0 saturated heterocycles. The van der Waals surface area contributed by atoms with Gasteiger partial charge in [-0.25, -0.2) is 0 Å². The number of halogens is 4. The summed E-state index contributed by atoms with van der Waals surface area (Å²) in [4.78, 5) is 0. The first-order valence-electron chi connectivity index (χ1n) is 11.0. The van der Waals surface area contributed by atoms with Crippen molar-refractivity contribution in [2.45, 2.75) is 25.0 Å². The highest BCUT2D eigenvalue weighted by molar-refractivity contribution is 6.37. The van der Waals surface area contributed by atoms with Gasteiger partial charge in [0.15, 0.2) is 0 Å². The molecule has 0 aliphatic heterocycles. The molecule has 4 aromatic rings. The Labute approximate surface area is 225 Å². The van der Waals surface area contributed by atoms with Gasteiger partial charge in [0.05, 0.1) is 33.6 Å². The van der Waals surface area contributed by atoms with Crippen LogP contribution in [0.3, 0.4) is 0 Å². The molecule has 2 unspecified atom stereocenters. The van der Waals surface area contributed by atoms with Crippen LogP contribution >= 0.6 is 46.4 Å². The van der Waals surface area contributed by atoms with E-state index in [0.29, 0.717) is 44.3 Å². The lowest BCUT2D eigenvalue weighted by Gasteiger charge is -2.27. The van der Waals surface area contributed by atoms with Crippen LogP contribution < -0.4 is 11.5 Å². The van der Waals surface area contributed by atoms with Gasteiger partial charge in [0, 0.05) is 22.9 Å². The lowest BCUT2D eigenvalue weighted by molar-refractivity contribution is -0.0148. The fourth-order valence-corrected chi connectivity index (χ4v) is 4.88. The normalized spacial score (nSPS) is 12.9. The number of benzene rings is 4. The minimum atomic E-state index is -0.317. The van der Waals surface area contributed by atoms with Gasteiger partial charge in [-0.2, -0.15) is 0 Å². The summed E-state index contributed by atoms with van der Waals surface area (Å²) < 4.78 is 6.82. The predicted molar refractivity (Wildman–Crippen MR) is 149 cm³/mol. The monoisotopic (exact) mass is 544 g/mol. The van der Waals surface area contributed by atoms with E-state index in [1.807, 2.05) is 60.7 Å². The minimum absolute atomic E-state index is 0.317. The average molecular weight is 546 g/mol. The first kappa shape index (κ1) is 25.7. The smallest absolute Gasteiger partial charge is 0.0874 e. The summed E-state index contributed by atoms with van der Waals surface area (Å²) in [6, 6.07) is 27.0. The Morgan fingerprint density at radius 2 is 0.914 bits per heavy atom. The molecule has 0 spiro atoms. The second-order valence-corrected chi connectivity index (χ2v) is 9.90. The summed E-state index contributed by atoms with van der Waals surface area (Å²) in [7, 11) is 0. The highest BCUT2D eigenvalue weighted by Crippen LogP contribution is 2.37. The quantitative estimate of drug-likeness (QED) is 0.217. The molecule has 0 amide bonds. The van der Waals surface area contributed by atoms with Crippen molar-refractivity contribution in [1.82, 2.24) is 0 Å². The van der Waals surface area contributed by atoms with Crippen LogP contribution in [-0.4, -0.2) is 0 Å². The molecular weight excluding hydrogens is 522 g/mol. The molecule has 0 aliphatic rings. The Kier molecular flexibility index (Phi) is 8.48. The molecule has 0 aromatic heterocycles. The van der Waals surface area contributed by atoms with Crippen LogP contribution in [0.2, 0.25) is 20.1 Å². The van der Waals surface area contributed by atoms with Crippen molar-refractivity contribution in [1.29, 1.82) is 0 Å². The second-order valence-electron chi connectivity index (χ2n) is 8.27. The number of nitrogens with two attached hydrogens (primary N) is 2. The fraction of sp³-hybridized carbons (Fsp3) is 0.143. The Balaban J connectivity index is 1.72. The predicted octanol–water partition coefficient (Wildman–Crippen LogP) is 8.75. The molecular formula is C28H24Cl4N2O. The molecule has 0 aliphatic carbocycles. The van der Waals surface area contributed by atoms with E-state index in [-0.39, 0.29) is 12.2 Å². The molecule has 2 atom stereocenters. The number of nitrogen functional groups attached to an aromatic ring is 2. The van der Waals surface area contributed by atoms with Crippen molar-refractivity contribution in [2.75, 3.05) is 11.5 Å². The summed E-state index contributed by atoms with van der Waals surface area (Å²) in [5.74, 6) is 0. The van der Waals surface area contributed by atoms with Gasteiger partial charge in [0.2, 0.25) is 0 Å². The van der Waals surface area contributed by atoms with Crippen molar-refractivity contribution in [3.63, 3.8) is 0 Å². The van der Waals surface area contributed by atoms with Crippen LogP contribution in [0.5, 0.6) is 0 Å². The van der Waals surface area contributed by atoms with Gasteiger partial charge in [0.25, 0.3) is 0 Å². The molecule has 7 heteroatoms. The molecule has 3 nitrogen and oxygen atoms in total.